The Morgan fingerprint density at radius 3 is 2.87 bits per heavy atom. The SMILES string of the molecule is O=C(O)/C=C/c1ccnc([N+](=O)[O-])c1Br. The van der Waals surface area contributed by atoms with Crippen LogP contribution in [0.5, 0.6) is 0 Å². The van der Waals surface area contributed by atoms with E-state index >= 15 is 0 Å². The van der Waals surface area contributed by atoms with Crippen molar-refractivity contribution >= 4 is 33.8 Å². The number of aromatic nitrogens is 1. The molecule has 7 heteroatoms. The van der Waals surface area contributed by atoms with Gasteiger partial charge in [0.1, 0.15) is 10.7 Å². The molecular formula is C8H5BrN2O4. The second-order valence-electron chi connectivity index (χ2n) is 2.47. The quantitative estimate of drug-likeness (QED) is 0.515. The van der Waals surface area contributed by atoms with Crippen molar-refractivity contribution in [2.24, 2.45) is 0 Å². The number of hydrogen-bond donors (Lipinski definition) is 1. The molecule has 0 saturated heterocycles. The van der Waals surface area contributed by atoms with Gasteiger partial charge >= 0.3 is 11.8 Å². The number of nitro groups is 1. The Morgan fingerprint density at radius 1 is 1.67 bits per heavy atom. The minimum atomic E-state index is -1.12. The smallest absolute Gasteiger partial charge is 0.378 e. The van der Waals surface area contributed by atoms with Crippen LogP contribution in [0.1, 0.15) is 5.56 Å². The van der Waals surface area contributed by atoms with Crippen molar-refractivity contribution in [2.45, 2.75) is 0 Å². The summed E-state index contributed by atoms with van der Waals surface area (Å²) < 4.78 is 0.160. The molecular weight excluding hydrogens is 268 g/mol. The molecule has 1 rings (SSSR count). The van der Waals surface area contributed by atoms with E-state index in [1.165, 1.54) is 18.3 Å². The zero-order valence-corrected chi connectivity index (χ0v) is 8.84. The fourth-order valence-corrected chi connectivity index (χ4v) is 1.38. The van der Waals surface area contributed by atoms with Crippen LogP contribution in [0.2, 0.25) is 0 Å². The molecule has 0 fully saturated rings. The Bertz CT molecular complexity index is 444. The van der Waals surface area contributed by atoms with Crippen molar-refractivity contribution in [2.75, 3.05) is 0 Å². The van der Waals surface area contributed by atoms with Crippen LogP contribution in [0.4, 0.5) is 5.82 Å². The molecule has 0 bridgehead atoms. The third kappa shape index (κ3) is 2.84. The van der Waals surface area contributed by atoms with Gasteiger partial charge in [-0.05, 0) is 38.0 Å². The number of aliphatic carboxylic acids is 1. The highest BCUT2D eigenvalue weighted by atomic mass is 79.9. The van der Waals surface area contributed by atoms with Gasteiger partial charge in [-0.3, -0.25) is 0 Å². The van der Waals surface area contributed by atoms with Crippen LogP contribution in [0.25, 0.3) is 6.08 Å². The average Bonchev–Trinajstić information content (AvgIpc) is 2.15. The lowest BCUT2D eigenvalue weighted by atomic mass is 10.2. The Kier molecular flexibility index (Phi) is 3.51. The highest BCUT2D eigenvalue weighted by Gasteiger charge is 2.15. The Morgan fingerprint density at radius 2 is 2.33 bits per heavy atom. The van der Waals surface area contributed by atoms with Crippen molar-refractivity contribution in [3.05, 3.63) is 38.5 Å². The van der Waals surface area contributed by atoms with Gasteiger partial charge in [-0.2, -0.15) is 0 Å². The lowest BCUT2D eigenvalue weighted by molar-refractivity contribution is -0.390. The Labute approximate surface area is 92.5 Å². The van der Waals surface area contributed by atoms with Crippen LogP contribution >= 0.6 is 15.9 Å². The van der Waals surface area contributed by atoms with Gasteiger partial charge in [0.25, 0.3) is 0 Å². The highest BCUT2D eigenvalue weighted by Crippen LogP contribution is 2.26. The van der Waals surface area contributed by atoms with E-state index in [-0.39, 0.29) is 10.3 Å². The number of halogens is 1. The Balaban J connectivity index is 3.15. The second kappa shape index (κ2) is 4.65. The summed E-state index contributed by atoms with van der Waals surface area (Å²) in [6, 6.07) is 1.47. The molecule has 0 atom stereocenters. The zero-order chi connectivity index (χ0) is 11.4. The minimum Gasteiger partial charge on any atom is -0.478 e. The van der Waals surface area contributed by atoms with Gasteiger partial charge in [0.05, 0.1) is 0 Å². The number of rotatable bonds is 3. The number of pyridine rings is 1. The van der Waals surface area contributed by atoms with Gasteiger partial charge in [0.15, 0.2) is 0 Å². The number of carboxylic acids is 1. The van der Waals surface area contributed by atoms with E-state index in [1.54, 1.807) is 0 Å². The molecule has 0 spiro atoms. The van der Waals surface area contributed by atoms with Crippen LogP contribution < -0.4 is 0 Å². The number of hydrogen-bond acceptors (Lipinski definition) is 4. The summed E-state index contributed by atoms with van der Waals surface area (Å²) in [5, 5.41) is 18.9. The predicted octanol–water partition coefficient (Wildman–Crippen LogP) is 1.85. The first-order chi connectivity index (χ1) is 7.02. The third-order valence-corrected chi connectivity index (χ3v) is 2.29. The van der Waals surface area contributed by atoms with Crippen molar-refractivity contribution in [3.8, 4) is 0 Å². The molecule has 0 aliphatic rings. The van der Waals surface area contributed by atoms with E-state index in [9.17, 15) is 14.9 Å². The summed E-state index contributed by atoms with van der Waals surface area (Å²) >= 11 is 2.98. The average molecular weight is 273 g/mol. The molecule has 78 valence electrons. The van der Waals surface area contributed by atoms with Crippen molar-refractivity contribution in [3.63, 3.8) is 0 Å². The third-order valence-electron chi connectivity index (χ3n) is 1.48. The summed E-state index contributed by atoms with van der Waals surface area (Å²) in [7, 11) is 0. The predicted molar refractivity (Wildman–Crippen MR) is 55.3 cm³/mol. The number of carbonyl (C=O) groups is 1. The largest absolute Gasteiger partial charge is 0.478 e. The molecule has 15 heavy (non-hydrogen) atoms. The second-order valence-corrected chi connectivity index (χ2v) is 3.26. The summed E-state index contributed by atoms with van der Waals surface area (Å²) in [4.78, 5) is 23.6. The first kappa shape index (κ1) is 11.3. The fraction of sp³-hybridized carbons (Fsp3) is 0. The molecule has 0 amide bonds. The number of carboxylic acid groups (broad SMARTS) is 1. The van der Waals surface area contributed by atoms with E-state index in [1.807, 2.05) is 0 Å². The van der Waals surface area contributed by atoms with Gasteiger partial charge in [-0.1, -0.05) is 0 Å². The standard InChI is InChI=1S/C8H5BrN2O4/c9-7-5(1-2-6(12)13)3-4-10-8(7)11(14)15/h1-4H,(H,12,13)/b2-1+. The zero-order valence-electron chi connectivity index (χ0n) is 7.25. The fourth-order valence-electron chi connectivity index (χ4n) is 0.864. The van der Waals surface area contributed by atoms with Crippen LogP contribution in [-0.2, 0) is 4.79 Å². The Hall–Kier alpha value is -1.76. The first-order valence-corrected chi connectivity index (χ1v) is 4.51. The maximum Gasteiger partial charge on any atom is 0.378 e. The van der Waals surface area contributed by atoms with E-state index in [4.69, 9.17) is 5.11 Å². The molecule has 0 aromatic carbocycles. The normalized spacial score (nSPS) is 10.5. The minimum absolute atomic E-state index is 0.160. The van der Waals surface area contributed by atoms with Crippen molar-refractivity contribution in [1.82, 2.24) is 4.98 Å². The molecule has 0 saturated carbocycles. The maximum absolute atomic E-state index is 10.5. The van der Waals surface area contributed by atoms with Gasteiger partial charge in [0.2, 0.25) is 0 Å². The van der Waals surface area contributed by atoms with E-state index < -0.39 is 10.9 Å². The summed E-state index contributed by atoms with van der Waals surface area (Å²) in [5.41, 5.74) is 0.388. The van der Waals surface area contributed by atoms with E-state index in [2.05, 4.69) is 20.9 Å². The van der Waals surface area contributed by atoms with Crippen LogP contribution in [0.3, 0.4) is 0 Å². The van der Waals surface area contributed by atoms with Crippen LogP contribution in [0.15, 0.2) is 22.8 Å². The van der Waals surface area contributed by atoms with Crippen LogP contribution in [0, 0.1) is 10.1 Å². The monoisotopic (exact) mass is 272 g/mol. The first-order valence-electron chi connectivity index (χ1n) is 3.72. The van der Waals surface area contributed by atoms with Crippen molar-refractivity contribution < 1.29 is 14.8 Å². The lowest BCUT2D eigenvalue weighted by Gasteiger charge is -1.97. The van der Waals surface area contributed by atoms with Gasteiger partial charge in [0, 0.05) is 11.6 Å². The van der Waals surface area contributed by atoms with E-state index in [0.29, 0.717) is 5.56 Å². The summed E-state index contributed by atoms with van der Waals surface area (Å²) in [5.74, 6) is -1.47. The lowest BCUT2D eigenvalue weighted by Crippen LogP contribution is -1.94. The summed E-state index contributed by atoms with van der Waals surface area (Å²) in [6.07, 6.45) is 3.38. The molecule has 0 radical (unpaired) electrons. The molecule has 6 nitrogen and oxygen atoms in total. The highest BCUT2D eigenvalue weighted by molar-refractivity contribution is 9.10. The molecule has 0 unspecified atom stereocenters. The molecule has 1 N–H and O–H groups in total. The molecule has 0 aliphatic carbocycles. The molecule has 0 aliphatic heterocycles. The van der Waals surface area contributed by atoms with Crippen LogP contribution in [-0.4, -0.2) is 21.0 Å². The summed E-state index contributed by atoms with van der Waals surface area (Å²) in [6.45, 7) is 0. The topological polar surface area (TPSA) is 93.3 Å². The van der Waals surface area contributed by atoms with Crippen molar-refractivity contribution in [1.29, 1.82) is 0 Å². The van der Waals surface area contributed by atoms with Gasteiger partial charge in [-0.25, -0.2) is 4.79 Å². The van der Waals surface area contributed by atoms with E-state index in [0.717, 1.165) is 6.08 Å². The maximum atomic E-state index is 10.5. The van der Waals surface area contributed by atoms with Gasteiger partial charge in [-0.15, -0.1) is 0 Å². The molecule has 1 aromatic rings. The molecule has 1 heterocycles. The molecule has 1 aromatic heterocycles. The van der Waals surface area contributed by atoms with Gasteiger partial charge < -0.3 is 15.2 Å². The number of nitrogens with zero attached hydrogens (tertiary/aromatic N) is 2.